The topological polar surface area (TPSA) is 86.7 Å². The Labute approximate surface area is 238 Å². The number of rotatable bonds is 28. The van der Waals surface area contributed by atoms with E-state index in [0.717, 1.165) is 20.1 Å². The summed E-state index contributed by atoms with van der Waals surface area (Å²) >= 11 is 0. The zero-order valence-corrected chi connectivity index (χ0v) is 26.8. The third-order valence-corrected chi connectivity index (χ3v) is 8.07. The van der Waals surface area contributed by atoms with Crippen molar-refractivity contribution in [2.75, 3.05) is 40.4 Å². The average Bonchev–Trinajstić information content (AvgIpc) is 2.89. The summed E-state index contributed by atoms with van der Waals surface area (Å²) in [4.78, 5) is 0. The lowest BCUT2D eigenvalue weighted by atomic mass is 10.0. The lowest BCUT2D eigenvalue weighted by molar-refractivity contribution is -0.910. The first-order valence-electron chi connectivity index (χ1n) is 16.2. The molecular weight excluding hydrogens is 498 g/mol. The largest absolute Gasteiger partial charge is 0.726 e. The molecule has 0 fully saturated rings. The van der Waals surface area contributed by atoms with Crippen LogP contribution in [-0.2, 0) is 14.6 Å². The summed E-state index contributed by atoms with van der Waals surface area (Å²) in [7, 11) is -1.16. The fraction of sp³-hybridized carbons (Fsp3) is 1.00. The van der Waals surface area contributed by atoms with Crippen LogP contribution in [0.1, 0.15) is 162 Å². The van der Waals surface area contributed by atoms with E-state index in [4.69, 9.17) is 0 Å². The molecule has 0 atom stereocenters. The Hall–Kier alpha value is -0.210. The fourth-order valence-electron chi connectivity index (χ4n) is 5.10. The second-order valence-corrected chi connectivity index (χ2v) is 12.7. The van der Waals surface area contributed by atoms with E-state index < -0.39 is 10.4 Å². The molecule has 0 saturated heterocycles. The van der Waals surface area contributed by atoms with Crippen molar-refractivity contribution in [2.45, 2.75) is 162 Å². The number of aliphatic hydroxyl groups is 1. The van der Waals surface area contributed by atoms with E-state index in [2.05, 4.69) is 25.1 Å². The highest BCUT2D eigenvalue weighted by Gasteiger charge is 2.19. The van der Waals surface area contributed by atoms with E-state index in [9.17, 15) is 18.1 Å². The first-order valence-corrected chi connectivity index (χ1v) is 17.5. The number of unbranched alkanes of at least 4 members (excludes halogenated alkanes) is 20. The van der Waals surface area contributed by atoms with Crippen LogP contribution in [0, 0.1) is 0 Å². The quantitative estimate of drug-likeness (QED) is 0.0444. The van der Waals surface area contributed by atoms with Crippen LogP contribution in [-0.4, -0.2) is 63.0 Å². The van der Waals surface area contributed by atoms with Crippen LogP contribution in [0.5, 0.6) is 0 Å². The van der Waals surface area contributed by atoms with Crippen LogP contribution in [0.4, 0.5) is 0 Å². The van der Waals surface area contributed by atoms with Crippen molar-refractivity contribution < 1.29 is 26.7 Å². The summed E-state index contributed by atoms with van der Waals surface area (Å²) in [5.74, 6) is 0. The standard InChI is InChI=1S/C30H64NO.CH4O4S/c1-4-6-8-10-12-14-16-18-20-22-24-27-31(3,29-26-30-32)28-25-23-21-19-17-15-13-11-9-7-5-2;1-5-6(2,3)4/h32H,4-30H2,1-3H3;1H3,(H,2,3,4)/q+1;/p-1. The predicted molar refractivity (Wildman–Crippen MR) is 162 cm³/mol. The van der Waals surface area contributed by atoms with E-state index >= 15 is 0 Å². The number of quaternary nitrogens is 1. The highest BCUT2D eigenvalue weighted by molar-refractivity contribution is 7.80. The molecule has 0 aromatic carbocycles. The Morgan fingerprint density at radius 2 is 0.789 bits per heavy atom. The molecule has 1 N–H and O–H groups in total. The fourth-order valence-corrected chi connectivity index (χ4v) is 5.10. The van der Waals surface area contributed by atoms with Gasteiger partial charge in [-0.3, -0.25) is 4.18 Å². The van der Waals surface area contributed by atoms with Crippen LogP contribution >= 0.6 is 0 Å². The Bertz CT molecular complexity index is 530. The monoisotopic (exact) mass is 565 g/mol. The molecule has 0 saturated carbocycles. The van der Waals surface area contributed by atoms with E-state index in [1.54, 1.807) is 0 Å². The molecule has 0 aliphatic carbocycles. The van der Waals surface area contributed by atoms with Crippen LogP contribution in [0.2, 0.25) is 0 Å². The molecule has 38 heavy (non-hydrogen) atoms. The number of nitrogens with zero attached hydrogens (tertiary/aromatic N) is 1. The molecule has 0 heterocycles. The Kier molecular flexibility index (Phi) is 31.3. The first kappa shape index (κ1) is 39.9. The zero-order valence-electron chi connectivity index (χ0n) is 26.0. The van der Waals surface area contributed by atoms with Gasteiger partial charge in [0.15, 0.2) is 0 Å². The average molecular weight is 566 g/mol. The lowest BCUT2D eigenvalue weighted by Gasteiger charge is -2.35. The minimum absolute atomic E-state index is 0.352. The summed E-state index contributed by atoms with van der Waals surface area (Å²) in [6.45, 7) is 8.73. The molecule has 232 valence electrons. The highest BCUT2D eigenvalue weighted by atomic mass is 32.3. The van der Waals surface area contributed by atoms with Gasteiger partial charge in [-0.1, -0.05) is 129 Å². The first-order chi connectivity index (χ1) is 18.2. The van der Waals surface area contributed by atoms with Crippen LogP contribution < -0.4 is 0 Å². The van der Waals surface area contributed by atoms with E-state index in [1.807, 2.05) is 0 Å². The maximum Gasteiger partial charge on any atom is 0.217 e. The molecule has 0 unspecified atom stereocenters. The molecule has 0 bridgehead atoms. The number of hydrogen-bond donors (Lipinski definition) is 1. The predicted octanol–water partition coefficient (Wildman–Crippen LogP) is 8.53. The highest BCUT2D eigenvalue weighted by Crippen LogP contribution is 2.16. The van der Waals surface area contributed by atoms with Crippen molar-refractivity contribution in [2.24, 2.45) is 0 Å². The van der Waals surface area contributed by atoms with Gasteiger partial charge < -0.3 is 14.1 Å². The molecule has 0 aliphatic heterocycles. The van der Waals surface area contributed by atoms with Gasteiger partial charge in [-0.15, -0.1) is 0 Å². The number of hydrogen-bond acceptors (Lipinski definition) is 5. The smallest absolute Gasteiger partial charge is 0.217 e. The van der Waals surface area contributed by atoms with Crippen molar-refractivity contribution in [1.82, 2.24) is 0 Å². The molecule has 0 aromatic rings. The van der Waals surface area contributed by atoms with Gasteiger partial charge in [-0.2, -0.15) is 0 Å². The number of aliphatic hydroxyl groups excluding tert-OH is 1. The molecule has 0 amide bonds. The van der Waals surface area contributed by atoms with Gasteiger partial charge in [0.05, 0.1) is 33.8 Å². The normalized spacial score (nSPS) is 11.9. The lowest BCUT2D eigenvalue weighted by Crippen LogP contribution is -2.46. The summed E-state index contributed by atoms with van der Waals surface area (Å²) in [5, 5.41) is 9.34. The molecule has 7 heteroatoms. The molecule has 0 radical (unpaired) electrons. The zero-order chi connectivity index (χ0) is 28.8. The third-order valence-electron chi connectivity index (χ3n) is 7.66. The maximum absolute atomic E-state index is 9.34. The van der Waals surface area contributed by atoms with Gasteiger partial charge in [0.2, 0.25) is 10.4 Å². The van der Waals surface area contributed by atoms with Gasteiger partial charge >= 0.3 is 0 Å². The van der Waals surface area contributed by atoms with Crippen molar-refractivity contribution in [3.8, 4) is 0 Å². The molecule has 0 aromatic heterocycles. The Morgan fingerprint density at radius 1 is 0.553 bits per heavy atom. The van der Waals surface area contributed by atoms with Gasteiger partial charge in [0.1, 0.15) is 0 Å². The van der Waals surface area contributed by atoms with E-state index in [0.29, 0.717) is 6.61 Å². The molecule has 0 rings (SSSR count). The minimum atomic E-state index is -4.41. The van der Waals surface area contributed by atoms with Gasteiger partial charge in [-0.05, 0) is 25.7 Å². The van der Waals surface area contributed by atoms with Crippen LogP contribution in [0.25, 0.3) is 0 Å². The van der Waals surface area contributed by atoms with E-state index in [1.165, 1.54) is 159 Å². The SMILES string of the molecule is CCCCCCCCCCCCC[N+](C)(CCCO)CCCCCCCCCCCCC.COS(=O)(=O)[O-]. The Morgan fingerprint density at radius 3 is 1.03 bits per heavy atom. The van der Waals surface area contributed by atoms with Gasteiger partial charge in [0.25, 0.3) is 0 Å². The van der Waals surface area contributed by atoms with Crippen molar-refractivity contribution in [3.05, 3.63) is 0 Å². The van der Waals surface area contributed by atoms with Crippen LogP contribution in [0.3, 0.4) is 0 Å². The molecule has 0 aliphatic rings. The van der Waals surface area contributed by atoms with Crippen molar-refractivity contribution in [1.29, 1.82) is 0 Å². The molecule has 6 nitrogen and oxygen atoms in total. The van der Waals surface area contributed by atoms with Gasteiger partial charge in [0, 0.05) is 13.0 Å². The summed E-state index contributed by atoms with van der Waals surface area (Å²) < 4.78 is 32.2. The maximum atomic E-state index is 9.34. The summed E-state index contributed by atoms with van der Waals surface area (Å²) in [5.41, 5.74) is 0. The van der Waals surface area contributed by atoms with Crippen molar-refractivity contribution in [3.63, 3.8) is 0 Å². The Balaban J connectivity index is 0. The minimum Gasteiger partial charge on any atom is -0.726 e. The second-order valence-electron chi connectivity index (χ2n) is 11.5. The third kappa shape index (κ3) is 33.8. The molecule has 0 spiro atoms. The van der Waals surface area contributed by atoms with Crippen LogP contribution in [0.15, 0.2) is 0 Å². The van der Waals surface area contributed by atoms with E-state index in [-0.39, 0.29) is 0 Å². The van der Waals surface area contributed by atoms with Crippen molar-refractivity contribution >= 4 is 10.4 Å². The van der Waals surface area contributed by atoms with Gasteiger partial charge in [-0.25, -0.2) is 8.42 Å². The summed E-state index contributed by atoms with van der Waals surface area (Å²) in [6.07, 6.45) is 32.3. The summed E-state index contributed by atoms with van der Waals surface area (Å²) in [6, 6.07) is 0. The molecular formula is C31H67NO5S. The second kappa shape index (κ2) is 29.8.